The molecule has 0 saturated carbocycles. The van der Waals surface area contributed by atoms with Crippen molar-refractivity contribution in [3.63, 3.8) is 0 Å². The maximum absolute atomic E-state index is 12.5. The Balaban J connectivity index is 2.53. The zero-order chi connectivity index (χ0) is 7.68. The van der Waals surface area contributed by atoms with Crippen molar-refractivity contribution in [1.82, 2.24) is 5.48 Å². The summed E-state index contributed by atoms with van der Waals surface area (Å²) in [6, 6.07) is 4.17. The number of nitrogens with zero attached hydrogens (tertiary/aromatic N) is 1. The normalized spacial score (nSPS) is 13.2. The van der Waals surface area contributed by atoms with Gasteiger partial charge in [0, 0.05) is 6.07 Å². The molecule has 1 aliphatic heterocycles. The SMILES string of the molecule is Fc1ccc2c(c1)ONC=N2. The molecule has 0 radical (unpaired) electrons. The average Bonchev–Trinajstić information content (AvgIpc) is 2.04. The van der Waals surface area contributed by atoms with Crippen molar-refractivity contribution in [2.24, 2.45) is 4.99 Å². The molecule has 1 aromatic carbocycles. The first kappa shape index (κ1) is 6.15. The predicted octanol–water partition coefficient (Wildman–Crippen LogP) is 1.38. The summed E-state index contributed by atoms with van der Waals surface area (Å²) in [6.07, 6.45) is 1.40. The molecule has 0 unspecified atom stereocenters. The summed E-state index contributed by atoms with van der Waals surface area (Å²) in [6.45, 7) is 0. The highest BCUT2D eigenvalue weighted by molar-refractivity contribution is 5.66. The lowest BCUT2D eigenvalue weighted by atomic mass is 10.3. The fourth-order valence-electron chi connectivity index (χ4n) is 0.862. The zero-order valence-electron chi connectivity index (χ0n) is 5.54. The third-order valence-corrected chi connectivity index (χ3v) is 1.35. The third-order valence-electron chi connectivity index (χ3n) is 1.35. The van der Waals surface area contributed by atoms with E-state index in [-0.39, 0.29) is 5.82 Å². The van der Waals surface area contributed by atoms with E-state index in [0.717, 1.165) is 0 Å². The highest BCUT2D eigenvalue weighted by Gasteiger charge is 2.06. The van der Waals surface area contributed by atoms with E-state index in [4.69, 9.17) is 4.84 Å². The summed E-state index contributed by atoms with van der Waals surface area (Å²) in [7, 11) is 0. The molecule has 0 saturated heterocycles. The lowest BCUT2D eigenvalue weighted by Gasteiger charge is -2.10. The van der Waals surface area contributed by atoms with Gasteiger partial charge < -0.3 is 4.84 Å². The highest BCUT2D eigenvalue weighted by Crippen LogP contribution is 2.28. The molecule has 1 aromatic rings. The van der Waals surface area contributed by atoms with E-state index >= 15 is 0 Å². The molecule has 0 atom stereocenters. The predicted molar refractivity (Wildman–Crippen MR) is 38.3 cm³/mol. The number of benzene rings is 1. The molecule has 1 aliphatic rings. The van der Waals surface area contributed by atoms with Gasteiger partial charge in [0.2, 0.25) is 0 Å². The topological polar surface area (TPSA) is 33.6 Å². The molecule has 0 fully saturated rings. The number of halogens is 1. The monoisotopic (exact) mass is 152 g/mol. The molecule has 0 aromatic heterocycles. The van der Waals surface area contributed by atoms with Crippen molar-refractivity contribution in [3.05, 3.63) is 24.0 Å². The van der Waals surface area contributed by atoms with Gasteiger partial charge in [-0.2, -0.15) is 0 Å². The molecule has 11 heavy (non-hydrogen) atoms. The first-order valence-electron chi connectivity index (χ1n) is 3.11. The van der Waals surface area contributed by atoms with E-state index in [1.807, 2.05) is 0 Å². The number of nitrogens with one attached hydrogen (secondary N) is 1. The fourth-order valence-corrected chi connectivity index (χ4v) is 0.862. The van der Waals surface area contributed by atoms with E-state index in [1.165, 1.54) is 18.5 Å². The van der Waals surface area contributed by atoms with Crippen LogP contribution in [0.5, 0.6) is 5.75 Å². The van der Waals surface area contributed by atoms with Crippen LogP contribution < -0.4 is 10.3 Å². The molecule has 0 spiro atoms. The van der Waals surface area contributed by atoms with Crippen molar-refractivity contribution in [2.45, 2.75) is 0 Å². The van der Waals surface area contributed by atoms with Gasteiger partial charge in [0.1, 0.15) is 17.8 Å². The van der Waals surface area contributed by atoms with Gasteiger partial charge in [-0.25, -0.2) is 14.9 Å². The van der Waals surface area contributed by atoms with Crippen LogP contribution in [0.25, 0.3) is 0 Å². The molecule has 3 nitrogen and oxygen atoms in total. The van der Waals surface area contributed by atoms with Crippen LogP contribution >= 0.6 is 0 Å². The van der Waals surface area contributed by atoms with Gasteiger partial charge in [0.25, 0.3) is 0 Å². The molecule has 4 heteroatoms. The number of fused-ring (bicyclic) bond motifs is 1. The number of hydroxylamine groups is 1. The van der Waals surface area contributed by atoms with Crippen LogP contribution in [0.1, 0.15) is 0 Å². The minimum absolute atomic E-state index is 0.331. The Labute approximate surface area is 62.5 Å². The molecule has 1 heterocycles. The first-order chi connectivity index (χ1) is 5.36. The number of rotatable bonds is 0. The highest BCUT2D eigenvalue weighted by atomic mass is 19.1. The summed E-state index contributed by atoms with van der Waals surface area (Å²) >= 11 is 0. The summed E-state index contributed by atoms with van der Waals surface area (Å²) in [4.78, 5) is 8.77. The summed E-state index contributed by atoms with van der Waals surface area (Å²) in [5, 5.41) is 0. The molecular formula is C7H5FN2O. The fraction of sp³-hybridized carbons (Fsp3) is 0. The van der Waals surface area contributed by atoms with Crippen LogP contribution in [-0.4, -0.2) is 6.34 Å². The molecule has 0 aliphatic carbocycles. The molecule has 56 valence electrons. The van der Waals surface area contributed by atoms with E-state index in [9.17, 15) is 4.39 Å². The van der Waals surface area contributed by atoms with Gasteiger partial charge in [-0.3, -0.25) is 0 Å². The maximum atomic E-state index is 12.5. The van der Waals surface area contributed by atoms with Gasteiger partial charge in [-0.05, 0) is 12.1 Å². The summed E-state index contributed by atoms with van der Waals surface area (Å²) in [5.41, 5.74) is 3.04. The molecular weight excluding hydrogens is 147 g/mol. The molecule has 0 bridgehead atoms. The Morgan fingerprint density at radius 3 is 3.27 bits per heavy atom. The Kier molecular flexibility index (Phi) is 1.25. The van der Waals surface area contributed by atoms with Crippen molar-refractivity contribution in [2.75, 3.05) is 0 Å². The zero-order valence-corrected chi connectivity index (χ0v) is 5.54. The van der Waals surface area contributed by atoms with Crippen LogP contribution in [0.3, 0.4) is 0 Å². The Morgan fingerprint density at radius 2 is 2.36 bits per heavy atom. The van der Waals surface area contributed by atoms with Crippen molar-refractivity contribution >= 4 is 12.0 Å². The molecule has 2 rings (SSSR count). The van der Waals surface area contributed by atoms with Crippen molar-refractivity contribution in [1.29, 1.82) is 0 Å². The van der Waals surface area contributed by atoms with E-state index in [0.29, 0.717) is 11.4 Å². The third kappa shape index (κ3) is 1.02. The van der Waals surface area contributed by atoms with Gasteiger partial charge in [-0.1, -0.05) is 0 Å². The number of hydrogen-bond acceptors (Lipinski definition) is 3. The second-order valence-corrected chi connectivity index (χ2v) is 2.09. The van der Waals surface area contributed by atoms with E-state index < -0.39 is 0 Å². The van der Waals surface area contributed by atoms with Crippen LogP contribution in [-0.2, 0) is 0 Å². The Hall–Kier alpha value is -1.58. The maximum Gasteiger partial charge on any atom is 0.183 e. The van der Waals surface area contributed by atoms with Gasteiger partial charge in [-0.15, -0.1) is 0 Å². The number of aliphatic imine (C=N–C) groups is 1. The molecule has 1 N–H and O–H groups in total. The Morgan fingerprint density at radius 1 is 1.45 bits per heavy atom. The quantitative estimate of drug-likeness (QED) is 0.609. The van der Waals surface area contributed by atoms with Gasteiger partial charge in [0.15, 0.2) is 5.75 Å². The van der Waals surface area contributed by atoms with E-state index in [2.05, 4.69) is 10.5 Å². The number of hydrogen-bond donors (Lipinski definition) is 1. The minimum Gasteiger partial charge on any atom is -0.379 e. The molecule has 0 amide bonds. The van der Waals surface area contributed by atoms with Gasteiger partial charge in [0.05, 0.1) is 0 Å². The van der Waals surface area contributed by atoms with Crippen LogP contribution in [0, 0.1) is 5.82 Å². The smallest absolute Gasteiger partial charge is 0.183 e. The van der Waals surface area contributed by atoms with Crippen molar-refractivity contribution < 1.29 is 9.23 Å². The minimum atomic E-state index is -0.331. The summed E-state index contributed by atoms with van der Waals surface area (Å²) < 4.78 is 12.5. The standard InChI is InChI=1S/C7H5FN2O/c8-5-1-2-6-7(3-5)11-10-4-9-6/h1-4H,(H,9,10). The largest absolute Gasteiger partial charge is 0.379 e. The second-order valence-electron chi connectivity index (χ2n) is 2.09. The summed E-state index contributed by atoms with van der Waals surface area (Å²) in [5.74, 6) is 0.0788. The van der Waals surface area contributed by atoms with E-state index in [1.54, 1.807) is 6.07 Å². The van der Waals surface area contributed by atoms with Gasteiger partial charge >= 0.3 is 0 Å². The first-order valence-corrected chi connectivity index (χ1v) is 3.11. The lowest BCUT2D eigenvalue weighted by molar-refractivity contribution is 0.262. The lowest BCUT2D eigenvalue weighted by Crippen LogP contribution is -2.18. The second kappa shape index (κ2) is 2.23. The van der Waals surface area contributed by atoms with Crippen LogP contribution in [0.4, 0.5) is 10.1 Å². The van der Waals surface area contributed by atoms with Crippen molar-refractivity contribution in [3.8, 4) is 5.75 Å². The van der Waals surface area contributed by atoms with Crippen LogP contribution in [0.2, 0.25) is 0 Å². The Bertz CT molecular complexity index is 311. The van der Waals surface area contributed by atoms with Crippen LogP contribution in [0.15, 0.2) is 23.2 Å². The average molecular weight is 152 g/mol.